The van der Waals surface area contributed by atoms with Gasteiger partial charge in [-0.2, -0.15) is 4.31 Å². The highest BCUT2D eigenvalue weighted by atomic mass is 79.9. The van der Waals surface area contributed by atoms with Crippen molar-refractivity contribution < 1.29 is 16.8 Å². The zero-order valence-electron chi connectivity index (χ0n) is 11.5. The number of rotatable bonds is 8. The van der Waals surface area contributed by atoms with E-state index in [2.05, 4.69) is 27.2 Å². The molecule has 0 saturated heterocycles. The lowest BCUT2D eigenvalue weighted by molar-refractivity contribution is 0.447. The van der Waals surface area contributed by atoms with Gasteiger partial charge in [-0.1, -0.05) is 22.0 Å². The first kappa shape index (κ1) is 18.3. The molecule has 0 bridgehead atoms. The molecule has 0 spiro atoms. The quantitative estimate of drug-likeness (QED) is 0.668. The van der Waals surface area contributed by atoms with Gasteiger partial charge in [-0.15, -0.1) is 6.58 Å². The number of halogens is 1. The van der Waals surface area contributed by atoms with Crippen LogP contribution in [0.15, 0.2) is 46.3 Å². The van der Waals surface area contributed by atoms with Gasteiger partial charge in [0.25, 0.3) is 0 Å². The minimum absolute atomic E-state index is 0.0146. The molecule has 0 saturated carbocycles. The molecule has 9 heteroatoms. The lowest BCUT2D eigenvalue weighted by atomic mass is 10.4. The number of nitrogens with zero attached hydrogens (tertiary/aromatic N) is 1. The van der Waals surface area contributed by atoms with E-state index in [4.69, 9.17) is 0 Å². The van der Waals surface area contributed by atoms with Crippen molar-refractivity contribution in [3.63, 3.8) is 0 Å². The molecule has 1 aromatic rings. The van der Waals surface area contributed by atoms with Gasteiger partial charge in [-0.05, 0) is 24.3 Å². The molecule has 0 aliphatic carbocycles. The molecule has 1 N–H and O–H groups in total. The van der Waals surface area contributed by atoms with Crippen molar-refractivity contribution in [1.82, 2.24) is 9.03 Å². The van der Waals surface area contributed by atoms with Crippen LogP contribution in [0, 0.1) is 0 Å². The highest BCUT2D eigenvalue weighted by molar-refractivity contribution is 9.10. The summed E-state index contributed by atoms with van der Waals surface area (Å²) in [6.07, 6.45) is 2.52. The third kappa shape index (κ3) is 5.87. The maximum atomic E-state index is 12.0. The van der Waals surface area contributed by atoms with Crippen LogP contribution in [-0.2, 0) is 20.0 Å². The van der Waals surface area contributed by atoms with E-state index in [9.17, 15) is 16.8 Å². The van der Waals surface area contributed by atoms with Gasteiger partial charge in [-0.3, -0.25) is 0 Å². The third-order valence-electron chi connectivity index (χ3n) is 2.58. The second kappa shape index (κ2) is 7.50. The van der Waals surface area contributed by atoms with Crippen LogP contribution in [0.4, 0.5) is 0 Å². The largest absolute Gasteiger partial charge is 0.240 e. The number of sulfonamides is 2. The van der Waals surface area contributed by atoms with Crippen LogP contribution in [0.1, 0.15) is 0 Å². The number of hydrogen-bond donors (Lipinski definition) is 1. The fourth-order valence-corrected chi connectivity index (χ4v) is 3.62. The van der Waals surface area contributed by atoms with Crippen molar-refractivity contribution >= 4 is 36.0 Å². The fraction of sp³-hybridized carbons (Fsp3) is 0.333. The Morgan fingerprint density at radius 3 is 2.29 bits per heavy atom. The summed E-state index contributed by atoms with van der Waals surface area (Å²) in [6.45, 7) is 3.64. The first-order valence-electron chi connectivity index (χ1n) is 5.98. The Labute approximate surface area is 134 Å². The van der Waals surface area contributed by atoms with Gasteiger partial charge in [0.1, 0.15) is 0 Å². The fourth-order valence-electron chi connectivity index (χ4n) is 1.54. The van der Waals surface area contributed by atoms with Crippen LogP contribution < -0.4 is 4.72 Å². The van der Waals surface area contributed by atoms with E-state index in [1.165, 1.54) is 18.2 Å². The maximum Gasteiger partial charge on any atom is 0.240 e. The van der Waals surface area contributed by atoms with Gasteiger partial charge in [0.2, 0.25) is 20.0 Å². The smallest absolute Gasteiger partial charge is 0.212 e. The molecule has 21 heavy (non-hydrogen) atoms. The molecule has 1 rings (SSSR count). The van der Waals surface area contributed by atoms with E-state index in [-0.39, 0.29) is 24.5 Å². The molecule has 0 atom stereocenters. The van der Waals surface area contributed by atoms with Crippen LogP contribution in [-0.4, -0.2) is 47.0 Å². The number of nitrogens with one attached hydrogen (secondary N) is 1. The van der Waals surface area contributed by atoms with E-state index in [1.807, 2.05) is 0 Å². The molecule has 0 unspecified atom stereocenters. The average molecular weight is 397 g/mol. The van der Waals surface area contributed by atoms with E-state index >= 15 is 0 Å². The molecule has 1 aromatic carbocycles. The first-order chi connectivity index (χ1) is 9.66. The van der Waals surface area contributed by atoms with Crippen molar-refractivity contribution in [1.29, 1.82) is 0 Å². The number of benzene rings is 1. The van der Waals surface area contributed by atoms with E-state index < -0.39 is 20.0 Å². The summed E-state index contributed by atoms with van der Waals surface area (Å²) >= 11 is 3.22. The Bertz CT molecular complexity index is 684. The van der Waals surface area contributed by atoms with E-state index in [0.29, 0.717) is 0 Å². The lowest BCUT2D eigenvalue weighted by Gasteiger charge is -2.18. The monoisotopic (exact) mass is 396 g/mol. The Morgan fingerprint density at radius 1 is 1.24 bits per heavy atom. The van der Waals surface area contributed by atoms with Gasteiger partial charge in [0, 0.05) is 24.1 Å². The van der Waals surface area contributed by atoms with Crippen LogP contribution in [0.5, 0.6) is 0 Å². The Kier molecular flexibility index (Phi) is 6.54. The number of hydrogen-bond acceptors (Lipinski definition) is 4. The molecular formula is C12H17BrN2O4S2. The van der Waals surface area contributed by atoms with Crippen molar-refractivity contribution in [2.45, 2.75) is 4.90 Å². The lowest BCUT2D eigenvalue weighted by Crippen LogP contribution is -2.38. The third-order valence-corrected chi connectivity index (χ3v) is 5.85. The predicted molar refractivity (Wildman–Crippen MR) is 85.9 cm³/mol. The predicted octanol–water partition coefficient (Wildman–Crippen LogP) is 1.18. The summed E-state index contributed by atoms with van der Waals surface area (Å²) < 4.78 is 51.3. The summed E-state index contributed by atoms with van der Waals surface area (Å²) in [5.41, 5.74) is 0. The van der Waals surface area contributed by atoms with E-state index in [1.54, 1.807) is 12.1 Å². The van der Waals surface area contributed by atoms with Crippen LogP contribution in [0.2, 0.25) is 0 Å². The summed E-state index contributed by atoms with van der Waals surface area (Å²) in [5.74, 6) is 0. The molecule has 0 heterocycles. The van der Waals surface area contributed by atoms with Crippen molar-refractivity contribution in [3.05, 3.63) is 41.4 Å². The highest BCUT2D eigenvalue weighted by Crippen LogP contribution is 2.14. The molecule has 0 aromatic heterocycles. The zero-order chi connectivity index (χ0) is 16.1. The second-order valence-electron chi connectivity index (χ2n) is 4.26. The molecule has 0 amide bonds. The van der Waals surface area contributed by atoms with E-state index in [0.717, 1.165) is 15.0 Å². The van der Waals surface area contributed by atoms with Gasteiger partial charge in [0.05, 0.1) is 11.2 Å². The molecule has 0 fully saturated rings. The first-order valence-corrected chi connectivity index (χ1v) is 10.1. The summed E-state index contributed by atoms with van der Waals surface area (Å²) in [6, 6.07) is 6.17. The molecular weight excluding hydrogens is 380 g/mol. The van der Waals surface area contributed by atoms with Gasteiger partial charge in [0.15, 0.2) is 0 Å². The van der Waals surface area contributed by atoms with Crippen LogP contribution in [0.25, 0.3) is 0 Å². The Morgan fingerprint density at radius 2 is 1.81 bits per heavy atom. The summed E-state index contributed by atoms with van der Waals surface area (Å²) in [7, 11) is -7.05. The SMILES string of the molecule is C=CCN(CCNS(=O)(=O)c1ccc(Br)cc1)S(C)(=O)=O. The van der Waals surface area contributed by atoms with Gasteiger partial charge in [-0.25, -0.2) is 21.6 Å². The normalized spacial score (nSPS) is 12.5. The van der Waals surface area contributed by atoms with Crippen LogP contribution >= 0.6 is 15.9 Å². The maximum absolute atomic E-state index is 12.0. The summed E-state index contributed by atoms with van der Waals surface area (Å²) in [4.78, 5) is 0.125. The standard InChI is InChI=1S/C12H17BrN2O4S2/c1-3-9-15(20(2,16)17)10-8-14-21(18,19)12-6-4-11(13)5-7-12/h3-7,14H,1,8-10H2,2H3. The van der Waals surface area contributed by atoms with Gasteiger partial charge >= 0.3 is 0 Å². The molecule has 0 aliphatic heterocycles. The average Bonchev–Trinajstić information content (AvgIpc) is 2.37. The van der Waals surface area contributed by atoms with Crippen molar-refractivity contribution in [2.75, 3.05) is 25.9 Å². The Balaban J connectivity index is 2.69. The minimum atomic E-state index is -3.65. The van der Waals surface area contributed by atoms with Crippen molar-refractivity contribution in [3.8, 4) is 0 Å². The summed E-state index contributed by atoms with van der Waals surface area (Å²) in [5, 5.41) is 0. The second-order valence-corrected chi connectivity index (χ2v) is 8.93. The molecule has 0 aliphatic rings. The zero-order valence-corrected chi connectivity index (χ0v) is 14.7. The van der Waals surface area contributed by atoms with Crippen molar-refractivity contribution in [2.24, 2.45) is 0 Å². The molecule has 118 valence electrons. The highest BCUT2D eigenvalue weighted by Gasteiger charge is 2.17. The minimum Gasteiger partial charge on any atom is -0.212 e. The Hall–Kier alpha value is -0.740. The molecule has 6 nitrogen and oxygen atoms in total. The molecule has 0 radical (unpaired) electrons. The van der Waals surface area contributed by atoms with Gasteiger partial charge < -0.3 is 0 Å². The topological polar surface area (TPSA) is 83.6 Å². The van der Waals surface area contributed by atoms with Crippen LogP contribution in [0.3, 0.4) is 0 Å².